The van der Waals surface area contributed by atoms with Gasteiger partial charge in [-0.2, -0.15) is 0 Å². The van der Waals surface area contributed by atoms with Crippen LogP contribution in [0.1, 0.15) is 16.1 Å². The molecule has 0 saturated carbocycles. The molecule has 26 heavy (non-hydrogen) atoms. The van der Waals surface area contributed by atoms with Crippen molar-refractivity contribution in [2.24, 2.45) is 5.92 Å². The number of nitrogens with zero attached hydrogens (tertiary/aromatic N) is 2. The number of carbonyl (C=O) groups excluding carboxylic acids is 2. The molecule has 1 aliphatic heterocycles. The molecule has 0 aliphatic carbocycles. The smallest absolute Gasteiger partial charge is 0.395 e. The van der Waals surface area contributed by atoms with Crippen LogP contribution < -0.4 is 5.32 Å². The maximum atomic E-state index is 12.1. The molecule has 9 heteroatoms. The number of benzene rings is 1. The van der Waals surface area contributed by atoms with Gasteiger partial charge < -0.3 is 14.6 Å². The number of amides is 2. The minimum absolute atomic E-state index is 0.0988. The van der Waals surface area contributed by atoms with Gasteiger partial charge in [-0.1, -0.05) is 23.7 Å². The van der Waals surface area contributed by atoms with Gasteiger partial charge in [-0.15, -0.1) is 0 Å². The predicted molar refractivity (Wildman–Crippen MR) is 92.9 cm³/mol. The van der Waals surface area contributed by atoms with E-state index in [0.717, 1.165) is 11.6 Å². The summed E-state index contributed by atoms with van der Waals surface area (Å²) in [6.07, 6.45) is 0.689. The molecule has 136 valence electrons. The van der Waals surface area contributed by atoms with Crippen molar-refractivity contribution in [3.8, 4) is 0 Å². The fourth-order valence-electron chi connectivity index (χ4n) is 2.63. The summed E-state index contributed by atoms with van der Waals surface area (Å²) in [5, 5.41) is 14.1. The van der Waals surface area contributed by atoms with E-state index in [4.69, 9.17) is 16.0 Å². The molecule has 3 rings (SSSR count). The lowest BCUT2D eigenvalue weighted by Gasteiger charge is -2.37. The van der Waals surface area contributed by atoms with E-state index in [1.54, 1.807) is 12.1 Å². The second-order valence-corrected chi connectivity index (χ2v) is 6.41. The standard InChI is InChI=1S/C17H16ClN3O5/c18-13-3-1-11(2-4-13)7-8-19-16(22)12-9-20(10-12)17(23)14-5-6-15(26-14)21(24)25/h1-6,12H,7-10H2,(H,19,22). The second kappa shape index (κ2) is 7.57. The van der Waals surface area contributed by atoms with Gasteiger partial charge in [0.15, 0.2) is 5.76 Å². The molecule has 8 nitrogen and oxygen atoms in total. The van der Waals surface area contributed by atoms with E-state index in [2.05, 4.69) is 5.32 Å². The Morgan fingerprint density at radius 3 is 2.54 bits per heavy atom. The van der Waals surface area contributed by atoms with Crippen LogP contribution in [-0.2, 0) is 11.2 Å². The van der Waals surface area contributed by atoms with Gasteiger partial charge in [-0.25, -0.2) is 0 Å². The Morgan fingerprint density at radius 2 is 1.92 bits per heavy atom. The summed E-state index contributed by atoms with van der Waals surface area (Å²) >= 11 is 5.82. The van der Waals surface area contributed by atoms with Gasteiger partial charge in [-0.3, -0.25) is 19.7 Å². The molecule has 0 bridgehead atoms. The summed E-state index contributed by atoms with van der Waals surface area (Å²) < 4.78 is 4.88. The first-order valence-electron chi connectivity index (χ1n) is 7.99. The molecule has 2 aromatic rings. The Morgan fingerprint density at radius 1 is 1.23 bits per heavy atom. The third kappa shape index (κ3) is 4.02. The van der Waals surface area contributed by atoms with Crippen molar-refractivity contribution in [1.29, 1.82) is 0 Å². The van der Waals surface area contributed by atoms with Crippen molar-refractivity contribution in [2.75, 3.05) is 19.6 Å². The zero-order chi connectivity index (χ0) is 18.7. The lowest BCUT2D eigenvalue weighted by atomic mass is 9.98. The molecule has 0 spiro atoms. The summed E-state index contributed by atoms with van der Waals surface area (Å²) in [6, 6.07) is 9.80. The molecule has 1 N–H and O–H groups in total. The first kappa shape index (κ1) is 17.9. The van der Waals surface area contributed by atoms with Crippen molar-refractivity contribution in [2.45, 2.75) is 6.42 Å². The van der Waals surface area contributed by atoms with Gasteiger partial charge in [0.05, 0.1) is 12.0 Å². The fourth-order valence-corrected chi connectivity index (χ4v) is 2.76. The Bertz CT molecular complexity index is 827. The van der Waals surface area contributed by atoms with Crippen molar-refractivity contribution in [3.05, 3.63) is 62.9 Å². The molecule has 1 aromatic carbocycles. The highest BCUT2D eigenvalue weighted by Gasteiger charge is 2.37. The molecule has 0 radical (unpaired) electrons. The van der Waals surface area contributed by atoms with Gasteiger partial charge in [0.25, 0.3) is 5.91 Å². The van der Waals surface area contributed by atoms with Gasteiger partial charge >= 0.3 is 5.88 Å². The Kier molecular flexibility index (Phi) is 5.22. The fraction of sp³-hybridized carbons (Fsp3) is 0.294. The van der Waals surface area contributed by atoms with Crippen LogP contribution in [0.2, 0.25) is 5.02 Å². The van der Waals surface area contributed by atoms with Crippen LogP contribution in [0.4, 0.5) is 5.88 Å². The average molecular weight is 378 g/mol. The Labute approximate surface area is 153 Å². The third-order valence-corrected chi connectivity index (χ3v) is 4.40. The average Bonchev–Trinajstić information content (AvgIpc) is 3.05. The van der Waals surface area contributed by atoms with Crippen molar-refractivity contribution >= 4 is 29.3 Å². The summed E-state index contributed by atoms with van der Waals surface area (Å²) in [7, 11) is 0. The SMILES string of the molecule is O=C(NCCc1ccc(Cl)cc1)C1CN(C(=O)c2ccc([N+](=O)[O-])o2)C1. The van der Waals surface area contributed by atoms with E-state index in [0.29, 0.717) is 18.0 Å². The molecule has 2 heterocycles. The highest BCUT2D eigenvalue weighted by molar-refractivity contribution is 6.30. The van der Waals surface area contributed by atoms with E-state index < -0.39 is 16.7 Å². The van der Waals surface area contributed by atoms with Gasteiger partial charge in [-0.05, 0) is 30.2 Å². The Hall–Kier alpha value is -2.87. The van der Waals surface area contributed by atoms with Crippen LogP contribution in [0.3, 0.4) is 0 Å². The normalized spacial score (nSPS) is 14.0. The molecule has 0 atom stereocenters. The highest BCUT2D eigenvalue weighted by atomic mass is 35.5. The molecule has 1 fully saturated rings. The first-order valence-corrected chi connectivity index (χ1v) is 8.37. The summed E-state index contributed by atoms with van der Waals surface area (Å²) in [4.78, 5) is 35.5. The molecular weight excluding hydrogens is 362 g/mol. The van der Waals surface area contributed by atoms with E-state index >= 15 is 0 Å². The lowest BCUT2D eigenvalue weighted by Crippen LogP contribution is -2.55. The van der Waals surface area contributed by atoms with E-state index in [-0.39, 0.29) is 30.7 Å². The third-order valence-electron chi connectivity index (χ3n) is 4.15. The van der Waals surface area contributed by atoms with Crippen molar-refractivity contribution in [3.63, 3.8) is 0 Å². The topological polar surface area (TPSA) is 106 Å². The number of furan rings is 1. The number of carbonyl (C=O) groups is 2. The number of nitrogens with one attached hydrogen (secondary N) is 1. The van der Waals surface area contributed by atoms with Crippen LogP contribution in [0.5, 0.6) is 0 Å². The number of halogens is 1. The zero-order valence-corrected chi connectivity index (χ0v) is 14.4. The largest absolute Gasteiger partial charge is 0.433 e. The summed E-state index contributed by atoms with van der Waals surface area (Å²) in [5.41, 5.74) is 1.07. The van der Waals surface area contributed by atoms with Gasteiger partial charge in [0, 0.05) is 24.7 Å². The lowest BCUT2D eigenvalue weighted by molar-refractivity contribution is -0.402. The van der Waals surface area contributed by atoms with E-state index in [1.807, 2.05) is 12.1 Å². The first-order chi connectivity index (χ1) is 12.4. The van der Waals surface area contributed by atoms with Crippen LogP contribution in [0.25, 0.3) is 0 Å². The monoisotopic (exact) mass is 377 g/mol. The van der Waals surface area contributed by atoms with Crippen LogP contribution in [0.15, 0.2) is 40.8 Å². The van der Waals surface area contributed by atoms with E-state index in [9.17, 15) is 19.7 Å². The predicted octanol–water partition coefficient (Wildman–Crippen LogP) is 2.27. The summed E-state index contributed by atoms with van der Waals surface area (Å²) in [5.74, 6) is -1.44. The molecule has 2 amide bonds. The quantitative estimate of drug-likeness (QED) is 0.614. The molecule has 1 saturated heterocycles. The Balaban J connectivity index is 1.42. The molecular formula is C17H16ClN3O5. The van der Waals surface area contributed by atoms with Gasteiger partial charge in [0.1, 0.15) is 4.92 Å². The van der Waals surface area contributed by atoms with Crippen LogP contribution in [0, 0.1) is 16.0 Å². The summed E-state index contributed by atoms with van der Waals surface area (Å²) in [6.45, 7) is 1.02. The van der Waals surface area contributed by atoms with Crippen LogP contribution in [-0.4, -0.2) is 41.3 Å². The maximum absolute atomic E-state index is 12.1. The number of likely N-dealkylation sites (tertiary alicyclic amines) is 1. The zero-order valence-electron chi connectivity index (χ0n) is 13.7. The molecule has 1 aliphatic rings. The molecule has 1 aromatic heterocycles. The number of hydrogen-bond donors (Lipinski definition) is 1. The van der Waals surface area contributed by atoms with Crippen molar-refractivity contribution < 1.29 is 18.9 Å². The minimum Gasteiger partial charge on any atom is -0.395 e. The van der Waals surface area contributed by atoms with Crippen LogP contribution >= 0.6 is 11.6 Å². The van der Waals surface area contributed by atoms with Crippen molar-refractivity contribution in [1.82, 2.24) is 10.2 Å². The second-order valence-electron chi connectivity index (χ2n) is 5.97. The minimum atomic E-state index is -0.705. The highest BCUT2D eigenvalue weighted by Crippen LogP contribution is 2.22. The number of nitro groups is 1. The molecule has 0 unspecified atom stereocenters. The number of rotatable bonds is 6. The van der Waals surface area contributed by atoms with Gasteiger partial charge in [0.2, 0.25) is 5.91 Å². The maximum Gasteiger partial charge on any atom is 0.433 e. The van der Waals surface area contributed by atoms with E-state index in [1.165, 1.54) is 11.0 Å². The number of hydrogen-bond acceptors (Lipinski definition) is 5.